The summed E-state index contributed by atoms with van der Waals surface area (Å²) < 4.78 is 0. The van der Waals surface area contributed by atoms with Crippen molar-refractivity contribution in [1.29, 1.82) is 0 Å². The lowest BCUT2D eigenvalue weighted by Crippen LogP contribution is -2.42. The topological polar surface area (TPSA) is 12.0 Å². The number of rotatable bonds is 9. The highest BCUT2D eigenvalue weighted by Crippen LogP contribution is 2.31. The maximum Gasteiger partial charge on any atom is 0.0123 e. The van der Waals surface area contributed by atoms with Crippen LogP contribution in [0.2, 0.25) is 0 Å². The first kappa shape index (κ1) is 17.0. The van der Waals surface area contributed by atoms with Gasteiger partial charge in [0.25, 0.3) is 0 Å². The van der Waals surface area contributed by atoms with Crippen LogP contribution in [0, 0.1) is 11.8 Å². The minimum atomic E-state index is 0.801. The summed E-state index contributed by atoms with van der Waals surface area (Å²) in [6, 6.07) is 0.801. The standard InChI is InChI=1S/C18H37N/c1-4-7-12-16(6-3)18(19-15-5-2)17-13-10-8-9-11-14-17/h16-19H,4-15H2,1-3H3. The quantitative estimate of drug-likeness (QED) is 0.541. The summed E-state index contributed by atoms with van der Waals surface area (Å²) in [5, 5.41) is 3.93. The number of hydrogen-bond acceptors (Lipinski definition) is 1. The van der Waals surface area contributed by atoms with Gasteiger partial charge in [0.1, 0.15) is 0 Å². The van der Waals surface area contributed by atoms with Crippen LogP contribution in [-0.2, 0) is 0 Å². The second-order valence-electron chi connectivity index (χ2n) is 6.54. The smallest absolute Gasteiger partial charge is 0.0123 e. The molecule has 0 saturated heterocycles. The molecular formula is C18H37N. The third-order valence-electron chi connectivity index (χ3n) is 5.00. The van der Waals surface area contributed by atoms with Crippen LogP contribution in [-0.4, -0.2) is 12.6 Å². The third kappa shape index (κ3) is 6.29. The predicted octanol–water partition coefficient (Wildman–Crippen LogP) is 5.54. The second-order valence-corrected chi connectivity index (χ2v) is 6.54. The monoisotopic (exact) mass is 267 g/mol. The Morgan fingerprint density at radius 1 is 0.947 bits per heavy atom. The van der Waals surface area contributed by atoms with E-state index in [2.05, 4.69) is 26.1 Å². The maximum absolute atomic E-state index is 3.93. The van der Waals surface area contributed by atoms with E-state index in [1.807, 2.05) is 0 Å². The highest BCUT2D eigenvalue weighted by Gasteiger charge is 2.27. The van der Waals surface area contributed by atoms with Crippen molar-refractivity contribution < 1.29 is 0 Å². The normalized spacial score (nSPS) is 21.0. The largest absolute Gasteiger partial charge is 0.313 e. The van der Waals surface area contributed by atoms with Crippen LogP contribution in [0.5, 0.6) is 0 Å². The molecule has 0 spiro atoms. The molecule has 2 atom stereocenters. The van der Waals surface area contributed by atoms with Gasteiger partial charge in [0.2, 0.25) is 0 Å². The summed E-state index contributed by atoms with van der Waals surface area (Å²) in [6.07, 6.45) is 15.7. The lowest BCUT2D eigenvalue weighted by molar-refractivity contribution is 0.217. The Labute approximate surface area is 121 Å². The molecule has 1 heteroatoms. The van der Waals surface area contributed by atoms with Crippen molar-refractivity contribution in [3.8, 4) is 0 Å². The molecular weight excluding hydrogens is 230 g/mol. The summed E-state index contributed by atoms with van der Waals surface area (Å²) in [4.78, 5) is 0. The molecule has 0 bridgehead atoms. The van der Waals surface area contributed by atoms with Crippen LogP contribution in [0.3, 0.4) is 0 Å². The molecule has 1 saturated carbocycles. The summed E-state index contributed by atoms with van der Waals surface area (Å²) in [5.41, 5.74) is 0. The van der Waals surface area contributed by atoms with E-state index in [1.165, 1.54) is 77.2 Å². The molecule has 114 valence electrons. The van der Waals surface area contributed by atoms with Crippen LogP contribution in [0.25, 0.3) is 0 Å². The molecule has 1 aliphatic carbocycles. The van der Waals surface area contributed by atoms with Crippen LogP contribution in [0.15, 0.2) is 0 Å². The molecule has 0 aromatic rings. The Morgan fingerprint density at radius 2 is 1.63 bits per heavy atom. The molecule has 1 fully saturated rings. The van der Waals surface area contributed by atoms with Gasteiger partial charge in [-0.05, 0) is 44.1 Å². The van der Waals surface area contributed by atoms with Crippen molar-refractivity contribution >= 4 is 0 Å². The van der Waals surface area contributed by atoms with E-state index in [-0.39, 0.29) is 0 Å². The van der Waals surface area contributed by atoms with E-state index >= 15 is 0 Å². The average Bonchev–Trinajstić information content (AvgIpc) is 2.71. The summed E-state index contributed by atoms with van der Waals surface area (Å²) in [6.45, 7) is 8.23. The molecule has 1 N–H and O–H groups in total. The molecule has 19 heavy (non-hydrogen) atoms. The maximum atomic E-state index is 3.93. The first-order valence-electron chi connectivity index (χ1n) is 9.06. The van der Waals surface area contributed by atoms with Crippen molar-refractivity contribution in [2.24, 2.45) is 11.8 Å². The van der Waals surface area contributed by atoms with Gasteiger partial charge in [0.05, 0.1) is 0 Å². The van der Waals surface area contributed by atoms with E-state index < -0.39 is 0 Å². The Hall–Kier alpha value is -0.0400. The molecule has 0 aromatic carbocycles. The van der Waals surface area contributed by atoms with Gasteiger partial charge in [-0.25, -0.2) is 0 Å². The number of unbranched alkanes of at least 4 members (excludes halogenated alkanes) is 1. The lowest BCUT2D eigenvalue weighted by Gasteiger charge is -2.34. The summed E-state index contributed by atoms with van der Waals surface area (Å²) in [7, 11) is 0. The van der Waals surface area contributed by atoms with E-state index in [4.69, 9.17) is 0 Å². The van der Waals surface area contributed by atoms with Crippen molar-refractivity contribution in [3.63, 3.8) is 0 Å². The highest BCUT2D eigenvalue weighted by molar-refractivity contribution is 4.84. The fourth-order valence-corrected chi connectivity index (χ4v) is 3.80. The second kappa shape index (κ2) is 10.7. The zero-order valence-corrected chi connectivity index (χ0v) is 13.7. The first-order chi connectivity index (χ1) is 9.33. The zero-order valence-electron chi connectivity index (χ0n) is 13.7. The molecule has 0 amide bonds. The fourth-order valence-electron chi connectivity index (χ4n) is 3.80. The van der Waals surface area contributed by atoms with Gasteiger partial charge in [-0.3, -0.25) is 0 Å². The van der Waals surface area contributed by atoms with E-state index in [0.717, 1.165) is 17.9 Å². The third-order valence-corrected chi connectivity index (χ3v) is 5.00. The van der Waals surface area contributed by atoms with Gasteiger partial charge in [-0.1, -0.05) is 65.7 Å². The lowest BCUT2D eigenvalue weighted by atomic mass is 9.80. The van der Waals surface area contributed by atoms with E-state index in [0.29, 0.717) is 0 Å². The Kier molecular flexibility index (Phi) is 9.59. The molecule has 1 nitrogen and oxygen atoms in total. The zero-order chi connectivity index (χ0) is 13.9. The Bertz CT molecular complexity index is 194. The van der Waals surface area contributed by atoms with Gasteiger partial charge in [-0.2, -0.15) is 0 Å². The van der Waals surface area contributed by atoms with Crippen LogP contribution in [0.4, 0.5) is 0 Å². The molecule has 0 aliphatic heterocycles. The van der Waals surface area contributed by atoms with Gasteiger partial charge in [0, 0.05) is 6.04 Å². The van der Waals surface area contributed by atoms with Crippen LogP contribution < -0.4 is 5.32 Å². The fraction of sp³-hybridized carbons (Fsp3) is 1.00. The predicted molar refractivity (Wildman–Crippen MR) is 86.6 cm³/mol. The Morgan fingerprint density at radius 3 is 2.16 bits per heavy atom. The Balaban J connectivity index is 2.60. The van der Waals surface area contributed by atoms with Gasteiger partial charge >= 0.3 is 0 Å². The highest BCUT2D eigenvalue weighted by atomic mass is 14.9. The molecule has 2 unspecified atom stereocenters. The molecule has 0 heterocycles. The van der Waals surface area contributed by atoms with Crippen molar-refractivity contribution in [2.45, 2.75) is 97.4 Å². The number of hydrogen-bond donors (Lipinski definition) is 1. The van der Waals surface area contributed by atoms with E-state index in [9.17, 15) is 0 Å². The first-order valence-corrected chi connectivity index (χ1v) is 9.06. The van der Waals surface area contributed by atoms with Gasteiger partial charge < -0.3 is 5.32 Å². The van der Waals surface area contributed by atoms with Crippen molar-refractivity contribution in [3.05, 3.63) is 0 Å². The summed E-state index contributed by atoms with van der Waals surface area (Å²) >= 11 is 0. The van der Waals surface area contributed by atoms with E-state index in [1.54, 1.807) is 0 Å². The summed E-state index contributed by atoms with van der Waals surface area (Å²) in [5.74, 6) is 1.87. The van der Waals surface area contributed by atoms with Crippen LogP contribution in [0.1, 0.15) is 91.4 Å². The number of nitrogens with one attached hydrogen (secondary N) is 1. The molecule has 1 rings (SSSR count). The van der Waals surface area contributed by atoms with Crippen LogP contribution >= 0.6 is 0 Å². The minimum Gasteiger partial charge on any atom is -0.313 e. The molecule has 0 radical (unpaired) electrons. The molecule has 1 aliphatic rings. The van der Waals surface area contributed by atoms with Gasteiger partial charge in [-0.15, -0.1) is 0 Å². The minimum absolute atomic E-state index is 0.801. The molecule has 0 aromatic heterocycles. The van der Waals surface area contributed by atoms with Gasteiger partial charge in [0.15, 0.2) is 0 Å². The van der Waals surface area contributed by atoms with Crippen molar-refractivity contribution in [2.75, 3.05) is 6.54 Å². The average molecular weight is 268 g/mol. The van der Waals surface area contributed by atoms with Crippen molar-refractivity contribution in [1.82, 2.24) is 5.32 Å². The SMILES string of the molecule is CCCCC(CC)C(NCCC)C1CCCCCC1.